The van der Waals surface area contributed by atoms with Gasteiger partial charge >= 0.3 is 0 Å². The summed E-state index contributed by atoms with van der Waals surface area (Å²) in [5.74, 6) is 2.65. The molecular weight excluding hydrogens is 337 g/mol. The summed E-state index contributed by atoms with van der Waals surface area (Å²) in [6, 6.07) is 11.9. The maximum atomic E-state index is 12.8. The van der Waals surface area contributed by atoms with E-state index in [1.54, 1.807) is 19.2 Å². The van der Waals surface area contributed by atoms with E-state index in [-0.39, 0.29) is 12.6 Å². The molecule has 1 aliphatic heterocycles. The Bertz CT molecular complexity index is 750. The van der Waals surface area contributed by atoms with E-state index in [0.717, 1.165) is 23.5 Å². The number of fused-ring (bicyclic) bond motifs is 1. The van der Waals surface area contributed by atoms with Gasteiger partial charge in [-0.05, 0) is 48.4 Å². The molecule has 0 aromatic heterocycles. The molecule has 0 saturated carbocycles. The fourth-order valence-electron chi connectivity index (χ4n) is 2.46. The van der Waals surface area contributed by atoms with E-state index in [1.165, 1.54) is 12.1 Å². The van der Waals surface area contributed by atoms with Gasteiger partial charge in [-0.15, -0.1) is 0 Å². The van der Waals surface area contributed by atoms with Crippen LogP contribution >= 0.6 is 0 Å². The van der Waals surface area contributed by atoms with Crippen LogP contribution < -0.4 is 24.8 Å². The van der Waals surface area contributed by atoms with Gasteiger partial charge in [-0.3, -0.25) is 4.99 Å². The van der Waals surface area contributed by atoms with Crippen LogP contribution in [0.4, 0.5) is 4.39 Å². The minimum absolute atomic E-state index is 0.267. The number of hydrogen-bond acceptors (Lipinski definition) is 4. The summed E-state index contributed by atoms with van der Waals surface area (Å²) in [5.41, 5.74) is 1.08. The van der Waals surface area contributed by atoms with Crippen molar-refractivity contribution in [1.29, 1.82) is 0 Å². The SMILES string of the molecule is CN=C(NCCCOc1ccc(F)cc1)NCc1ccc2c(c1)OCO2. The van der Waals surface area contributed by atoms with Gasteiger partial charge in [0, 0.05) is 20.1 Å². The molecule has 2 N–H and O–H groups in total. The number of nitrogens with one attached hydrogen (secondary N) is 2. The maximum absolute atomic E-state index is 12.8. The molecule has 138 valence electrons. The third-order valence-electron chi connectivity index (χ3n) is 3.82. The average Bonchev–Trinajstić information content (AvgIpc) is 3.13. The molecule has 0 amide bonds. The smallest absolute Gasteiger partial charge is 0.231 e. The van der Waals surface area contributed by atoms with Crippen LogP contribution in [0.25, 0.3) is 0 Å². The topological polar surface area (TPSA) is 64.1 Å². The van der Waals surface area contributed by atoms with E-state index >= 15 is 0 Å². The molecule has 0 fully saturated rings. The molecule has 2 aromatic rings. The largest absolute Gasteiger partial charge is 0.494 e. The van der Waals surface area contributed by atoms with Crippen molar-refractivity contribution >= 4 is 5.96 Å². The number of rotatable bonds is 7. The van der Waals surface area contributed by atoms with Crippen molar-refractivity contribution in [3.63, 3.8) is 0 Å². The Balaban J connectivity index is 1.35. The standard InChI is InChI=1S/C19H22FN3O3/c1-21-19(22-9-2-10-24-16-6-4-15(20)5-7-16)23-12-14-3-8-17-18(11-14)26-13-25-17/h3-8,11H,2,9-10,12-13H2,1H3,(H2,21,22,23). The molecule has 1 heterocycles. The predicted molar refractivity (Wildman–Crippen MR) is 97.3 cm³/mol. The van der Waals surface area contributed by atoms with Crippen molar-refractivity contribution in [1.82, 2.24) is 10.6 Å². The first-order valence-electron chi connectivity index (χ1n) is 8.46. The van der Waals surface area contributed by atoms with Crippen LogP contribution in [0.1, 0.15) is 12.0 Å². The maximum Gasteiger partial charge on any atom is 0.231 e. The highest BCUT2D eigenvalue weighted by Gasteiger charge is 2.13. The lowest BCUT2D eigenvalue weighted by Crippen LogP contribution is -2.37. The molecule has 6 nitrogen and oxygen atoms in total. The number of nitrogens with zero attached hydrogens (tertiary/aromatic N) is 1. The Morgan fingerprint density at radius 1 is 1.12 bits per heavy atom. The molecule has 0 radical (unpaired) electrons. The molecule has 0 saturated heterocycles. The molecule has 0 atom stereocenters. The minimum Gasteiger partial charge on any atom is -0.494 e. The number of ether oxygens (including phenoxy) is 3. The summed E-state index contributed by atoms with van der Waals surface area (Å²) in [7, 11) is 1.73. The first kappa shape index (κ1) is 17.8. The highest BCUT2D eigenvalue weighted by molar-refractivity contribution is 5.79. The quantitative estimate of drug-likeness (QED) is 0.452. The van der Waals surface area contributed by atoms with Crippen molar-refractivity contribution in [3.05, 3.63) is 53.8 Å². The van der Waals surface area contributed by atoms with Crippen molar-refractivity contribution in [2.45, 2.75) is 13.0 Å². The number of benzene rings is 2. The third-order valence-corrected chi connectivity index (χ3v) is 3.82. The summed E-state index contributed by atoms with van der Waals surface area (Å²) < 4.78 is 29.1. The normalized spacial score (nSPS) is 12.8. The fraction of sp³-hybridized carbons (Fsp3) is 0.316. The predicted octanol–water partition coefficient (Wildman–Crippen LogP) is 2.69. The van der Waals surface area contributed by atoms with Crippen molar-refractivity contribution < 1.29 is 18.6 Å². The number of guanidine groups is 1. The van der Waals surface area contributed by atoms with Gasteiger partial charge in [0.2, 0.25) is 6.79 Å². The minimum atomic E-state index is -0.267. The van der Waals surface area contributed by atoms with Crippen LogP contribution in [0.5, 0.6) is 17.2 Å². The second-order valence-corrected chi connectivity index (χ2v) is 5.70. The molecule has 3 rings (SSSR count). The lowest BCUT2D eigenvalue weighted by molar-refractivity contribution is 0.174. The van der Waals surface area contributed by atoms with Gasteiger partial charge in [0.1, 0.15) is 11.6 Å². The van der Waals surface area contributed by atoms with Crippen LogP contribution in [0.3, 0.4) is 0 Å². The third kappa shape index (κ3) is 5.02. The summed E-state index contributed by atoms with van der Waals surface area (Å²) in [6.45, 7) is 2.15. The highest BCUT2D eigenvalue weighted by atomic mass is 19.1. The molecule has 0 aliphatic carbocycles. The molecule has 0 spiro atoms. The zero-order valence-corrected chi connectivity index (χ0v) is 14.6. The molecular formula is C19H22FN3O3. The highest BCUT2D eigenvalue weighted by Crippen LogP contribution is 2.32. The van der Waals surface area contributed by atoms with E-state index in [9.17, 15) is 4.39 Å². The average molecular weight is 359 g/mol. The lowest BCUT2D eigenvalue weighted by Gasteiger charge is -2.12. The van der Waals surface area contributed by atoms with Crippen LogP contribution in [0.15, 0.2) is 47.5 Å². The molecule has 2 aromatic carbocycles. The number of hydrogen-bond donors (Lipinski definition) is 2. The summed E-state index contributed by atoms with van der Waals surface area (Å²) in [6.07, 6.45) is 0.794. The molecule has 1 aliphatic rings. The van der Waals surface area contributed by atoms with Crippen molar-refractivity contribution in [2.24, 2.45) is 4.99 Å². The molecule has 26 heavy (non-hydrogen) atoms. The first-order valence-corrected chi connectivity index (χ1v) is 8.46. The molecule has 0 unspecified atom stereocenters. The van der Waals surface area contributed by atoms with Gasteiger partial charge in [-0.1, -0.05) is 6.07 Å². The summed E-state index contributed by atoms with van der Waals surface area (Å²) >= 11 is 0. The van der Waals surface area contributed by atoms with Crippen LogP contribution in [-0.4, -0.2) is 33.0 Å². The van der Waals surface area contributed by atoms with Crippen LogP contribution in [0, 0.1) is 5.82 Å². The monoisotopic (exact) mass is 359 g/mol. The van der Waals surface area contributed by atoms with Crippen molar-refractivity contribution in [3.8, 4) is 17.2 Å². The van der Waals surface area contributed by atoms with Gasteiger partial charge < -0.3 is 24.8 Å². The van der Waals surface area contributed by atoms with E-state index in [2.05, 4.69) is 15.6 Å². The fourth-order valence-corrected chi connectivity index (χ4v) is 2.46. The number of aliphatic imine (C=N–C) groups is 1. The van der Waals surface area contributed by atoms with E-state index in [0.29, 0.717) is 31.4 Å². The van der Waals surface area contributed by atoms with Gasteiger partial charge in [-0.25, -0.2) is 4.39 Å². The van der Waals surface area contributed by atoms with E-state index < -0.39 is 0 Å². The summed E-state index contributed by atoms with van der Waals surface area (Å²) in [4.78, 5) is 4.20. The zero-order chi connectivity index (χ0) is 18.2. The summed E-state index contributed by atoms with van der Waals surface area (Å²) in [5, 5.41) is 6.48. The molecule has 7 heteroatoms. The Kier molecular flexibility index (Phi) is 6.14. The van der Waals surface area contributed by atoms with Gasteiger partial charge in [0.25, 0.3) is 0 Å². The Labute approximate surface area is 152 Å². The second kappa shape index (κ2) is 8.94. The lowest BCUT2D eigenvalue weighted by atomic mass is 10.2. The zero-order valence-electron chi connectivity index (χ0n) is 14.6. The van der Waals surface area contributed by atoms with Crippen LogP contribution in [0.2, 0.25) is 0 Å². The molecule has 0 bridgehead atoms. The van der Waals surface area contributed by atoms with Gasteiger partial charge in [-0.2, -0.15) is 0 Å². The van der Waals surface area contributed by atoms with Crippen LogP contribution in [-0.2, 0) is 6.54 Å². The Morgan fingerprint density at radius 3 is 2.73 bits per heavy atom. The second-order valence-electron chi connectivity index (χ2n) is 5.70. The van der Waals surface area contributed by atoms with Gasteiger partial charge in [0.05, 0.1) is 6.61 Å². The Hall–Kier alpha value is -2.96. The van der Waals surface area contributed by atoms with E-state index in [4.69, 9.17) is 14.2 Å². The first-order chi connectivity index (χ1) is 12.7. The van der Waals surface area contributed by atoms with Crippen molar-refractivity contribution in [2.75, 3.05) is 27.0 Å². The number of halogens is 1. The van der Waals surface area contributed by atoms with E-state index in [1.807, 2.05) is 18.2 Å². The Morgan fingerprint density at radius 2 is 1.92 bits per heavy atom. The van der Waals surface area contributed by atoms with Gasteiger partial charge in [0.15, 0.2) is 17.5 Å².